The lowest BCUT2D eigenvalue weighted by Crippen LogP contribution is -2.48. The summed E-state index contributed by atoms with van der Waals surface area (Å²) in [6, 6.07) is 8.43. The predicted octanol–water partition coefficient (Wildman–Crippen LogP) is 3.86. The Balaban J connectivity index is 1.51. The van der Waals surface area contributed by atoms with Crippen LogP contribution in [0.4, 0.5) is 10.1 Å². The van der Waals surface area contributed by atoms with Gasteiger partial charge in [-0.3, -0.25) is 14.6 Å². The highest BCUT2D eigenvalue weighted by Gasteiger charge is 2.21. The van der Waals surface area contributed by atoms with E-state index in [-0.39, 0.29) is 11.7 Å². The number of hydrogen-bond donors (Lipinski definition) is 1. The molecular weight excluding hydrogens is 393 g/mol. The maximum atomic E-state index is 13.6. The molecule has 2 aromatic carbocycles. The van der Waals surface area contributed by atoms with Crippen molar-refractivity contribution >= 4 is 23.2 Å². The first-order valence-corrected chi connectivity index (χ1v) is 10.1. The SMILES string of the molecule is COc1ccc(F)cc1CN1CCN(CC(=O)Nc2c(C)cc(C)cc2Cl)CC1. The molecule has 0 radical (unpaired) electrons. The van der Waals surface area contributed by atoms with E-state index in [0.717, 1.165) is 42.9 Å². The Morgan fingerprint density at radius 1 is 1.14 bits per heavy atom. The molecule has 2 aromatic rings. The number of hydrogen-bond acceptors (Lipinski definition) is 4. The quantitative estimate of drug-likeness (QED) is 0.772. The first-order valence-electron chi connectivity index (χ1n) is 9.69. The van der Waals surface area contributed by atoms with Gasteiger partial charge in [0.1, 0.15) is 11.6 Å². The number of piperazine rings is 1. The highest BCUT2D eigenvalue weighted by Crippen LogP contribution is 2.27. The molecule has 0 aromatic heterocycles. The zero-order valence-electron chi connectivity index (χ0n) is 17.1. The molecule has 1 aliphatic rings. The number of rotatable bonds is 6. The monoisotopic (exact) mass is 419 g/mol. The molecule has 1 saturated heterocycles. The van der Waals surface area contributed by atoms with Gasteiger partial charge in [0.2, 0.25) is 5.91 Å². The molecule has 1 amide bonds. The van der Waals surface area contributed by atoms with Gasteiger partial charge in [-0.25, -0.2) is 4.39 Å². The first-order chi connectivity index (χ1) is 13.9. The number of carbonyl (C=O) groups excluding carboxylic acids is 1. The molecule has 29 heavy (non-hydrogen) atoms. The number of halogens is 2. The van der Waals surface area contributed by atoms with Gasteiger partial charge in [0.15, 0.2) is 0 Å². The third-order valence-electron chi connectivity index (χ3n) is 5.16. The lowest BCUT2D eigenvalue weighted by atomic mass is 10.1. The van der Waals surface area contributed by atoms with Crippen molar-refractivity contribution in [3.63, 3.8) is 0 Å². The van der Waals surface area contributed by atoms with Crippen molar-refractivity contribution < 1.29 is 13.9 Å². The van der Waals surface area contributed by atoms with Gasteiger partial charge in [-0.05, 0) is 49.2 Å². The molecular formula is C22H27ClFN3O2. The Morgan fingerprint density at radius 2 is 1.83 bits per heavy atom. The first kappa shape index (κ1) is 21.6. The van der Waals surface area contributed by atoms with Crippen molar-refractivity contribution in [2.24, 2.45) is 0 Å². The van der Waals surface area contributed by atoms with Crippen LogP contribution in [0.5, 0.6) is 5.75 Å². The summed E-state index contributed by atoms with van der Waals surface area (Å²) in [5, 5.41) is 3.50. The largest absolute Gasteiger partial charge is 0.496 e. The van der Waals surface area contributed by atoms with E-state index in [0.29, 0.717) is 29.5 Å². The third kappa shape index (κ3) is 5.69. The molecule has 0 bridgehead atoms. The van der Waals surface area contributed by atoms with E-state index in [1.807, 2.05) is 26.0 Å². The molecule has 3 rings (SSSR count). The minimum absolute atomic E-state index is 0.0703. The minimum atomic E-state index is -0.263. The van der Waals surface area contributed by atoms with Crippen molar-refractivity contribution in [1.29, 1.82) is 0 Å². The molecule has 0 atom stereocenters. The highest BCUT2D eigenvalue weighted by atomic mass is 35.5. The minimum Gasteiger partial charge on any atom is -0.496 e. The van der Waals surface area contributed by atoms with Gasteiger partial charge in [0.05, 0.1) is 24.4 Å². The van der Waals surface area contributed by atoms with Crippen LogP contribution < -0.4 is 10.1 Å². The van der Waals surface area contributed by atoms with Crippen LogP contribution in [0.25, 0.3) is 0 Å². The lowest BCUT2D eigenvalue weighted by Gasteiger charge is -2.34. The van der Waals surface area contributed by atoms with Crippen LogP contribution in [0.1, 0.15) is 16.7 Å². The van der Waals surface area contributed by atoms with Crippen LogP contribution in [-0.4, -0.2) is 55.5 Å². The summed E-state index contributed by atoms with van der Waals surface area (Å²) in [5.41, 5.74) is 3.54. The zero-order chi connectivity index (χ0) is 21.0. The van der Waals surface area contributed by atoms with Gasteiger partial charge in [-0.1, -0.05) is 17.7 Å². The van der Waals surface area contributed by atoms with Gasteiger partial charge >= 0.3 is 0 Å². The van der Waals surface area contributed by atoms with Gasteiger partial charge in [0, 0.05) is 38.3 Å². The maximum Gasteiger partial charge on any atom is 0.238 e. The third-order valence-corrected chi connectivity index (χ3v) is 5.46. The normalized spacial score (nSPS) is 15.3. The van der Waals surface area contributed by atoms with Crippen molar-refractivity contribution in [2.45, 2.75) is 20.4 Å². The molecule has 1 N–H and O–H groups in total. The smallest absolute Gasteiger partial charge is 0.238 e. The second-order valence-electron chi connectivity index (χ2n) is 7.50. The van der Waals surface area contributed by atoms with Crippen LogP contribution in [0.2, 0.25) is 5.02 Å². The number of anilines is 1. The molecule has 1 aliphatic heterocycles. The highest BCUT2D eigenvalue weighted by molar-refractivity contribution is 6.34. The Hall–Kier alpha value is -2.15. The fourth-order valence-corrected chi connectivity index (χ4v) is 4.04. The Labute approximate surface area is 176 Å². The van der Waals surface area contributed by atoms with E-state index in [4.69, 9.17) is 16.3 Å². The lowest BCUT2D eigenvalue weighted by molar-refractivity contribution is -0.117. The fraction of sp³-hybridized carbons (Fsp3) is 0.409. The summed E-state index contributed by atoms with van der Waals surface area (Å²) < 4.78 is 18.9. The standard InChI is InChI=1S/C22H27ClFN3O2/c1-15-10-16(2)22(19(23)11-15)25-21(28)14-27-8-6-26(7-9-27)13-17-12-18(24)4-5-20(17)29-3/h4-5,10-12H,6-9,13-14H2,1-3H3,(H,25,28). The number of nitrogens with zero attached hydrogens (tertiary/aromatic N) is 2. The molecule has 0 saturated carbocycles. The average Bonchev–Trinajstić information content (AvgIpc) is 2.66. The molecule has 156 valence electrons. The van der Waals surface area contributed by atoms with E-state index in [1.54, 1.807) is 13.2 Å². The average molecular weight is 420 g/mol. The summed E-state index contributed by atoms with van der Waals surface area (Å²) >= 11 is 6.28. The number of methoxy groups -OCH3 is 1. The Morgan fingerprint density at radius 3 is 2.48 bits per heavy atom. The van der Waals surface area contributed by atoms with Crippen LogP contribution in [0, 0.1) is 19.7 Å². The topological polar surface area (TPSA) is 44.8 Å². The maximum absolute atomic E-state index is 13.6. The predicted molar refractivity (Wildman–Crippen MR) is 114 cm³/mol. The number of benzene rings is 2. The van der Waals surface area contributed by atoms with E-state index in [1.165, 1.54) is 12.1 Å². The van der Waals surface area contributed by atoms with E-state index in [9.17, 15) is 9.18 Å². The molecule has 7 heteroatoms. The molecule has 1 fully saturated rings. The van der Waals surface area contributed by atoms with E-state index in [2.05, 4.69) is 15.1 Å². The van der Waals surface area contributed by atoms with E-state index < -0.39 is 0 Å². The Bertz CT molecular complexity index is 859. The fourth-order valence-electron chi connectivity index (χ4n) is 3.67. The van der Waals surface area contributed by atoms with Gasteiger partial charge < -0.3 is 10.1 Å². The molecule has 0 aliphatic carbocycles. The van der Waals surface area contributed by atoms with Gasteiger partial charge in [0.25, 0.3) is 0 Å². The van der Waals surface area contributed by atoms with Gasteiger partial charge in [-0.15, -0.1) is 0 Å². The van der Waals surface area contributed by atoms with E-state index >= 15 is 0 Å². The van der Waals surface area contributed by atoms with Crippen LogP contribution in [-0.2, 0) is 11.3 Å². The molecule has 0 unspecified atom stereocenters. The van der Waals surface area contributed by atoms with Crippen molar-refractivity contribution in [3.8, 4) is 5.75 Å². The summed E-state index contributed by atoms with van der Waals surface area (Å²) in [4.78, 5) is 16.8. The molecule has 1 heterocycles. The van der Waals surface area contributed by atoms with Crippen LogP contribution >= 0.6 is 11.6 Å². The van der Waals surface area contributed by atoms with Crippen LogP contribution in [0.15, 0.2) is 30.3 Å². The summed E-state index contributed by atoms with van der Waals surface area (Å²) in [7, 11) is 1.59. The van der Waals surface area contributed by atoms with Crippen molar-refractivity contribution in [2.75, 3.05) is 45.2 Å². The number of ether oxygens (including phenoxy) is 1. The summed E-state index contributed by atoms with van der Waals surface area (Å²) in [6.07, 6.45) is 0. The zero-order valence-corrected chi connectivity index (χ0v) is 17.9. The molecule has 5 nitrogen and oxygen atoms in total. The number of nitrogens with one attached hydrogen (secondary N) is 1. The van der Waals surface area contributed by atoms with Crippen molar-refractivity contribution in [1.82, 2.24) is 9.80 Å². The van der Waals surface area contributed by atoms with Gasteiger partial charge in [-0.2, -0.15) is 0 Å². The summed E-state index contributed by atoms with van der Waals surface area (Å²) in [5.74, 6) is 0.360. The number of carbonyl (C=O) groups is 1. The second-order valence-corrected chi connectivity index (χ2v) is 7.90. The Kier molecular flexibility index (Phi) is 7.11. The summed E-state index contributed by atoms with van der Waals surface area (Å²) in [6.45, 7) is 8.00. The second kappa shape index (κ2) is 9.57. The number of amides is 1. The number of aryl methyl sites for hydroxylation is 2. The van der Waals surface area contributed by atoms with Crippen LogP contribution in [0.3, 0.4) is 0 Å². The molecule has 0 spiro atoms. The van der Waals surface area contributed by atoms with Crippen molar-refractivity contribution in [3.05, 3.63) is 57.9 Å².